The Kier molecular flexibility index (Phi) is 3.24. The maximum Gasteiger partial charge on any atom is 0.0566 e. The summed E-state index contributed by atoms with van der Waals surface area (Å²) in [7, 11) is 0. The van der Waals surface area contributed by atoms with Crippen LogP contribution in [0, 0.1) is 5.92 Å². The van der Waals surface area contributed by atoms with Gasteiger partial charge in [0, 0.05) is 28.9 Å². The molecule has 0 spiro atoms. The second-order valence-corrected chi connectivity index (χ2v) is 6.64. The number of thiophene rings is 1. The summed E-state index contributed by atoms with van der Waals surface area (Å²) < 4.78 is 0. The van der Waals surface area contributed by atoms with Gasteiger partial charge in [-0.15, -0.1) is 11.3 Å². The van der Waals surface area contributed by atoms with Crippen molar-refractivity contribution >= 4 is 11.3 Å². The van der Waals surface area contributed by atoms with E-state index in [0.717, 1.165) is 24.9 Å². The number of hydrogen-bond acceptors (Lipinski definition) is 3. The number of fused-ring (bicyclic) bond motifs is 2. The van der Waals surface area contributed by atoms with Crippen molar-refractivity contribution in [3.05, 3.63) is 21.9 Å². The maximum atomic E-state index is 6.03. The van der Waals surface area contributed by atoms with Crippen LogP contribution in [0.25, 0.3) is 0 Å². The third kappa shape index (κ3) is 2.05. The lowest BCUT2D eigenvalue weighted by molar-refractivity contribution is 0.155. The monoisotopic (exact) mass is 250 g/mol. The molecule has 3 unspecified atom stereocenters. The lowest BCUT2D eigenvalue weighted by Gasteiger charge is -2.33. The van der Waals surface area contributed by atoms with Crippen LogP contribution in [0.5, 0.6) is 0 Å². The molecular weight excluding hydrogens is 228 g/mol. The number of nitrogens with two attached hydrogens (primary N) is 1. The Labute approximate surface area is 108 Å². The number of hydrogen-bond donors (Lipinski definition) is 1. The first-order valence-electron chi connectivity index (χ1n) is 6.86. The molecule has 94 valence electrons. The minimum atomic E-state index is 0.482. The van der Waals surface area contributed by atoms with Crippen molar-refractivity contribution in [3.8, 4) is 0 Å². The van der Waals surface area contributed by atoms with E-state index >= 15 is 0 Å². The topological polar surface area (TPSA) is 29.3 Å². The first-order valence-corrected chi connectivity index (χ1v) is 7.68. The molecule has 2 nitrogen and oxygen atoms in total. The van der Waals surface area contributed by atoms with Crippen LogP contribution in [-0.2, 0) is 6.42 Å². The van der Waals surface area contributed by atoms with Crippen molar-refractivity contribution in [2.24, 2.45) is 11.7 Å². The molecule has 2 fully saturated rings. The van der Waals surface area contributed by atoms with Crippen LogP contribution in [0.4, 0.5) is 0 Å². The maximum absolute atomic E-state index is 6.03. The number of likely N-dealkylation sites (tertiary alicyclic amines) is 1. The SMILES string of the molecule is CCc1ccc(C(CN)N2CC3CCC2C3)s1. The second-order valence-electron chi connectivity index (χ2n) is 5.44. The fourth-order valence-electron chi connectivity index (χ4n) is 3.52. The zero-order valence-corrected chi connectivity index (χ0v) is 11.4. The Balaban J connectivity index is 1.79. The summed E-state index contributed by atoms with van der Waals surface area (Å²) in [5.74, 6) is 0.958. The van der Waals surface area contributed by atoms with Crippen molar-refractivity contribution in [3.63, 3.8) is 0 Å². The van der Waals surface area contributed by atoms with Gasteiger partial charge in [0.05, 0.1) is 6.04 Å². The highest BCUT2D eigenvalue weighted by atomic mass is 32.1. The molecule has 0 amide bonds. The molecule has 2 N–H and O–H groups in total. The van der Waals surface area contributed by atoms with Gasteiger partial charge in [0.25, 0.3) is 0 Å². The Hall–Kier alpha value is -0.380. The molecular formula is C14H22N2S. The third-order valence-electron chi connectivity index (χ3n) is 4.43. The molecule has 17 heavy (non-hydrogen) atoms. The van der Waals surface area contributed by atoms with E-state index in [2.05, 4.69) is 24.0 Å². The van der Waals surface area contributed by atoms with E-state index < -0.39 is 0 Å². The van der Waals surface area contributed by atoms with E-state index in [9.17, 15) is 0 Å². The molecule has 3 rings (SSSR count). The van der Waals surface area contributed by atoms with Crippen LogP contribution in [0.2, 0.25) is 0 Å². The Bertz CT molecular complexity index is 387. The van der Waals surface area contributed by atoms with E-state index in [1.165, 1.54) is 35.6 Å². The molecule has 1 aliphatic carbocycles. The van der Waals surface area contributed by atoms with Gasteiger partial charge in [0.1, 0.15) is 0 Å². The number of rotatable bonds is 4. The molecule has 1 aromatic rings. The van der Waals surface area contributed by atoms with Crippen molar-refractivity contribution in [1.29, 1.82) is 0 Å². The van der Waals surface area contributed by atoms with Gasteiger partial charge < -0.3 is 5.73 Å². The zero-order valence-electron chi connectivity index (χ0n) is 10.6. The van der Waals surface area contributed by atoms with E-state index in [1.807, 2.05) is 11.3 Å². The van der Waals surface area contributed by atoms with Crippen LogP contribution in [0.3, 0.4) is 0 Å². The van der Waals surface area contributed by atoms with Crippen LogP contribution in [-0.4, -0.2) is 24.0 Å². The molecule has 1 aliphatic heterocycles. The molecule has 0 aromatic carbocycles. The Morgan fingerprint density at radius 3 is 2.88 bits per heavy atom. The third-order valence-corrected chi connectivity index (χ3v) is 5.77. The minimum Gasteiger partial charge on any atom is -0.329 e. The molecule has 0 radical (unpaired) electrons. The van der Waals surface area contributed by atoms with Crippen LogP contribution in [0.15, 0.2) is 12.1 Å². The van der Waals surface area contributed by atoms with E-state index in [1.54, 1.807) is 0 Å². The first-order chi connectivity index (χ1) is 8.31. The fourth-order valence-corrected chi connectivity index (χ4v) is 4.61. The quantitative estimate of drug-likeness (QED) is 0.890. The van der Waals surface area contributed by atoms with Crippen molar-refractivity contribution in [2.45, 2.75) is 44.7 Å². The Morgan fingerprint density at radius 2 is 2.35 bits per heavy atom. The van der Waals surface area contributed by atoms with Gasteiger partial charge in [-0.25, -0.2) is 0 Å². The Morgan fingerprint density at radius 1 is 1.47 bits per heavy atom. The molecule has 2 aliphatic rings. The predicted octanol–water partition coefficient (Wildman–Crippen LogP) is 2.79. The van der Waals surface area contributed by atoms with Crippen molar-refractivity contribution in [1.82, 2.24) is 4.90 Å². The molecule has 1 aromatic heterocycles. The molecule has 2 heterocycles. The standard InChI is InChI=1S/C14H22N2S/c1-2-12-5-6-14(17-12)13(8-15)16-9-10-3-4-11(16)7-10/h5-6,10-11,13H,2-4,7-9,15H2,1H3. The average molecular weight is 250 g/mol. The van der Waals surface area contributed by atoms with Crippen LogP contribution in [0.1, 0.15) is 42.0 Å². The summed E-state index contributed by atoms with van der Waals surface area (Å²) in [6, 6.07) is 5.88. The molecule has 2 bridgehead atoms. The number of nitrogens with zero attached hydrogens (tertiary/aromatic N) is 1. The highest BCUT2D eigenvalue weighted by Crippen LogP contribution is 2.42. The summed E-state index contributed by atoms with van der Waals surface area (Å²) >= 11 is 1.96. The van der Waals surface area contributed by atoms with Crippen molar-refractivity contribution < 1.29 is 0 Å². The van der Waals surface area contributed by atoms with Gasteiger partial charge in [0.15, 0.2) is 0 Å². The second kappa shape index (κ2) is 4.71. The summed E-state index contributed by atoms with van der Waals surface area (Å²) in [6.45, 7) is 4.28. The molecule has 3 heteroatoms. The van der Waals surface area contributed by atoms with Gasteiger partial charge in [-0.05, 0) is 43.7 Å². The van der Waals surface area contributed by atoms with Gasteiger partial charge in [-0.3, -0.25) is 4.90 Å². The number of piperidine rings is 1. The lowest BCUT2D eigenvalue weighted by atomic mass is 10.1. The minimum absolute atomic E-state index is 0.482. The molecule has 1 saturated carbocycles. The van der Waals surface area contributed by atoms with E-state index in [4.69, 9.17) is 5.73 Å². The van der Waals surface area contributed by atoms with Crippen LogP contribution < -0.4 is 5.73 Å². The van der Waals surface area contributed by atoms with Crippen molar-refractivity contribution in [2.75, 3.05) is 13.1 Å². The highest BCUT2D eigenvalue weighted by Gasteiger charge is 2.41. The lowest BCUT2D eigenvalue weighted by Crippen LogP contribution is -2.38. The predicted molar refractivity (Wildman–Crippen MR) is 73.3 cm³/mol. The smallest absolute Gasteiger partial charge is 0.0566 e. The summed E-state index contributed by atoms with van der Waals surface area (Å²) in [6.07, 6.45) is 5.41. The largest absolute Gasteiger partial charge is 0.329 e. The average Bonchev–Trinajstić information content (AvgIpc) is 3.05. The normalized spacial score (nSPS) is 30.0. The first kappa shape index (κ1) is 11.7. The zero-order chi connectivity index (χ0) is 11.8. The van der Waals surface area contributed by atoms with E-state index in [0.29, 0.717) is 6.04 Å². The summed E-state index contributed by atoms with van der Waals surface area (Å²) in [4.78, 5) is 5.65. The van der Waals surface area contributed by atoms with Gasteiger partial charge >= 0.3 is 0 Å². The van der Waals surface area contributed by atoms with Gasteiger partial charge in [-0.2, -0.15) is 0 Å². The van der Waals surface area contributed by atoms with E-state index in [-0.39, 0.29) is 0 Å². The highest BCUT2D eigenvalue weighted by molar-refractivity contribution is 7.12. The van der Waals surface area contributed by atoms with Gasteiger partial charge in [-0.1, -0.05) is 6.92 Å². The molecule has 1 saturated heterocycles. The number of aryl methyl sites for hydroxylation is 1. The summed E-state index contributed by atoms with van der Waals surface area (Å²) in [5, 5.41) is 0. The van der Waals surface area contributed by atoms with Gasteiger partial charge in [0.2, 0.25) is 0 Å². The summed E-state index contributed by atoms with van der Waals surface area (Å²) in [5.41, 5.74) is 6.03. The molecule has 3 atom stereocenters. The van der Waals surface area contributed by atoms with Crippen LogP contribution >= 0.6 is 11.3 Å². The fraction of sp³-hybridized carbons (Fsp3) is 0.714.